The maximum atomic E-state index is 6.12. The van der Waals surface area contributed by atoms with Crippen LogP contribution in [0.15, 0.2) is 41.7 Å². The van der Waals surface area contributed by atoms with Crippen LogP contribution < -0.4 is 5.32 Å². The number of hydrogen-bond acceptors (Lipinski definition) is 4. The van der Waals surface area contributed by atoms with Crippen molar-refractivity contribution in [1.82, 2.24) is 9.97 Å². The third-order valence-electron chi connectivity index (χ3n) is 2.27. The predicted molar refractivity (Wildman–Crippen MR) is 63.8 cm³/mol. The lowest BCUT2D eigenvalue weighted by atomic mass is 10.3. The van der Waals surface area contributed by atoms with Crippen molar-refractivity contribution in [3.8, 4) is 0 Å². The fraction of sp³-hybridized carbons (Fsp3) is 0. The summed E-state index contributed by atoms with van der Waals surface area (Å²) in [7, 11) is 0. The van der Waals surface area contributed by atoms with Crippen LogP contribution in [0.25, 0.3) is 0 Å². The Balaban J connectivity index is 2.25. The summed E-state index contributed by atoms with van der Waals surface area (Å²) in [6, 6.07) is 7.36. The molecule has 78 valence electrons. The second kappa shape index (κ2) is 3.57. The van der Waals surface area contributed by atoms with Gasteiger partial charge in [0.05, 0.1) is 5.56 Å². The van der Waals surface area contributed by atoms with Crippen LogP contribution in [0, 0.1) is 0 Å². The Bertz CT molecular complexity index is 580. The molecule has 3 rings (SSSR count). The molecule has 0 saturated heterocycles. The fourth-order valence-electron chi connectivity index (χ4n) is 1.53. The molecule has 0 aromatic carbocycles. The molecule has 1 N–H and O–H groups in total. The Labute approximate surface area is 97.0 Å². The first-order valence-electron chi connectivity index (χ1n) is 4.76. The molecule has 0 fully saturated rings. The zero-order valence-corrected chi connectivity index (χ0v) is 8.94. The van der Waals surface area contributed by atoms with Crippen molar-refractivity contribution >= 4 is 34.1 Å². The first-order chi connectivity index (χ1) is 7.84. The molecule has 0 radical (unpaired) electrons. The Kier molecular flexibility index (Phi) is 2.08. The van der Waals surface area contributed by atoms with E-state index < -0.39 is 0 Å². The van der Waals surface area contributed by atoms with Gasteiger partial charge in [-0.05, 0) is 24.3 Å². The molecule has 0 spiro atoms. The van der Waals surface area contributed by atoms with E-state index >= 15 is 0 Å². The van der Waals surface area contributed by atoms with Crippen LogP contribution in [0.1, 0.15) is 5.56 Å². The van der Waals surface area contributed by atoms with Crippen molar-refractivity contribution < 1.29 is 0 Å². The van der Waals surface area contributed by atoms with Crippen molar-refractivity contribution in [2.24, 2.45) is 4.99 Å². The van der Waals surface area contributed by atoms with Gasteiger partial charge in [-0.2, -0.15) is 0 Å². The molecule has 0 bridgehead atoms. The van der Waals surface area contributed by atoms with Gasteiger partial charge in [0.1, 0.15) is 16.7 Å². The lowest BCUT2D eigenvalue weighted by Crippen LogP contribution is -1.99. The Morgan fingerprint density at radius 1 is 1.00 bits per heavy atom. The number of nitrogens with one attached hydrogen (secondary N) is 1. The minimum Gasteiger partial charge on any atom is -0.323 e. The van der Waals surface area contributed by atoms with Crippen molar-refractivity contribution in [3.63, 3.8) is 0 Å². The number of halogens is 1. The number of anilines is 2. The van der Waals surface area contributed by atoms with Crippen LogP contribution in [0.3, 0.4) is 0 Å². The smallest absolute Gasteiger partial charge is 0.157 e. The summed E-state index contributed by atoms with van der Waals surface area (Å²) >= 11 is 6.12. The molecule has 2 aromatic rings. The first kappa shape index (κ1) is 9.30. The van der Waals surface area contributed by atoms with Gasteiger partial charge in [-0.3, -0.25) is 0 Å². The predicted octanol–water partition coefficient (Wildman–Crippen LogP) is 2.85. The number of hydrogen-bond donors (Lipinski definition) is 1. The largest absolute Gasteiger partial charge is 0.323 e. The third kappa shape index (κ3) is 1.44. The van der Waals surface area contributed by atoms with Crippen LogP contribution in [-0.4, -0.2) is 15.1 Å². The minimum atomic E-state index is 0.419. The highest BCUT2D eigenvalue weighted by atomic mass is 35.5. The molecular weight excluding hydrogens is 224 g/mol. The lowest BCUT2D eigenvalue weighted by Gasteiger charge is -2.05. The molecule has 3 heterocycles. The summed E-state index contributed by atoms with van der Waals surface area (Å²) in [6.45, 7) is 0. The average Bonchev–Trinajstić information content (AvgIpc) is 2.45. The van der Waals surface area contributed by atoms with E-state index in [-0.39, 0.29) is 0 Å². The van der Waals surface area contributed by atoms with Gasteiger partial charge in [0.2, 0.25) is 0 Å². The van der Waals surface area contributed by atoms with Gasteiger partial charge in [-0.15, -0.1) is 0 Å². The van der Waals surface area contributed by atoms with Gasteiger partial charge < -0.3 is 5.32 Å². The molecule has 0 saturated carbocycles. The van der Waals surface area contributed by atoms with Crippen molar-refractivity contribution in [3.05, 3.63) is 42.2 Å². The third-order valence-corrected chi connectivity index (χ3v) is 2.56. The quantitative estimate of drug-likeness (QED) is 0.757. The lowest BCUT2D eigenvalue weighted by molar-refractivity contribution is 1.25. The van der Waals surface area contributed by atoms with Crippen molar-refractivity contribution in [2.75, 3.05) is 5.32 Å². The van der Waals surface area contributed by atoms with Crippen LogP contribution in [0.4, 0.5) is 17.3 Å². The Morgan fingerprint density at radius 2 is 1.75 bits per heavy atom. The SMILES string of the molecule is ClC1=Nc2cccnc2Nc2ncccc21. The number of nitrogens with zero attached hydrogens (tertiary/aromatic N) is 3. The van der Waals surface area contributed by atoms with E-state index in [1.165, 1.54) is 0 Å². The molecule has 5 heteroatoms. The molecular formula is C11H7ClN4. The summed E-state index contributed by atoms with van der Waals surface area (Å²) in [5, 5.41) is 3.53. The zero-order chi connectivity index (χ0) is 11.0. The fourth-order valence-corrected chi connectivity index (χ4v) is 1.78. The van der Waals surface area contributed by atoms with E-state index in [1.54, 1.807) is 12.4 Å². The summed E-state index contributed by atoms with van der Waals surface area (Å²) in [5.41, 5.74) is 1.49. The van der Waals surface area contributed by atoms with Gasteiger partial charge in [-0.25, -0.2) is 15.0 Å². The van der Waals surface area contributed by atoms with Crippen LogP contribution in [0.2, 0.25) is 0 Å². The van der Waals surface area contributed by atoms with E-state index in [4.69, 9.17) is 11.6 Å². The Hall–Kier alpha value is -1.94. The minimum absolute atomic E-state index is 0.419. The molecule has 0 amide bonds. The van der Waals surface area contributed by atoms with Gasteiger partial charge in [0.25, 0.3) is 0 Å². The van der Waals surface area contributed by atoms with Gasteiger partial charge in [0, 0.05) is 12.4 Å². The topological polar surface area (TPSA) is 50.2 Å². The van der Waals surface area contributed by atoms with E-state index in [1.807, 2.05) is 24.3 Å². The zero-order valence-electron chi connectivity index (χ0n) is 8.18. The molecule has 0 unspecified atom stereocenters. The second-order valence-corrected chi connectivity index (χ2v) is 3.66. The molecule has 1 aliphatic heterocycles. The van der Waals surface area contributed by atoms with Gasteiger partial charge in [-0.1, -0.05) is 11.6 Å². The number of aliphatic imine (C=N–C) groups is 1. The number of pyridine rings is 2. The number of rotatable bonds is 0. The summed E-state index contributed by atoms with van der Waals surface area (Å²) < 4.78 is 0. The molecule has 4 nitrogen and oxygen atoms in total. The highest BCUT2D eigenvalue weighted by Gasteiger charge is 2.15. The monoisotopic (exact) mass is 230 g/mol. The van der Waals surface area contributed by atoms with E-state index in [9.17, 15) is 0 Å². The van der Waals surface area contributed by atoms with Gasteiger partial charge in [0.15, 0.2) is 5.82 Å². The highest BCUT2D eigenvalue weighted by molar-refractivity contribution is 6.70. The van der Waals surface area contributed by atoms with E-state index in [0.717, 1.165) is 5.56 Å². The van der Waals surface area contributed by atoms with E-state index in [0.29, 0.717) is 22.5 Å². The maximum Gasteiger partial charge on any atom is 0.157 e. The standard InChI is InChI=1S/C11H7ClN4/c12-9-7-3-1-5-13-10(7)16-11-8(15-9)4-2-6-14-11/h1-6H,(H,13,14,16). The van der Waals surface area contributed by atoms with Crippen LogP contribution in [0.5, 0.6) is 0 Å². The molecule has 2 aromatic heterocycles. The molecule has 0 atom stereocenters. The Morgan fingerprint density at radius 3 is 2.62 bits per heavy atom. The maximum absolute atomic E-state index is 6.12. The second-order valence-electron chi connectivity index (χ2n) is 3.30. The normalized spacial score (nSPS) is 12.9. The average molecular weight is 231 g/mol. The summed E-state index contributed by atoms with van der Waals surface area (Å²) in [4.78, 5) is 12.7. The molecule has 0 aliphatic carbocycles. The summed E-state index contributed by atoms with van der Waals surface area (Å²) in [5.74, 6) is 1.34. The highest BCUT2D eigenvalue weighted by Crippen LogP contribution is 2.31. The molecule has 16 heavy (non-hydrogen) atoms. The number of fused-ring (bicyclic) bond motifs is 2. The number of aromatic nitrogens is 2. The van der Waals surface area contributed by atoms with Crippen molar-refractivity contribution in [2.45, 2.75) is 0 Å². The van der Waals surface area contributed by atoms with Crippen LogP contribution in [-0.2, 0) is 0 Å². The van der Waals surface area contributed by atoms with Crippen LogP contribution >= 0.6 is 11.6 Å². The first-order valence-corrected chi connectivity index (χ1v) is 5.14. The summed E-state index contributed by atoms with van der Waals surface area (Å²) in [6.07, 6.45) is 3.40. The van der Waals surface area contributed by atoms with E-state index in [2.05, 4.69) is 20.3 Å². The van der Waals surface area contributed by atoms with Gasteiger partial charge >= 0.3 is 0 Å². The van der Waals surface area contributed by atoms with Crippen molar-refractivity contribution in [1.29, 1.82) is 0 Å². The molecule has 1 aliphatic rings.